The fraction of sp³-hybridized carbons (Fsp3) is 0.625. The molecule has 1 N–H and O–H groups in total. The molecule has 3 heteroatoms. The number of rotatable bonds is 5. The van der Waals surface area contributed by atoms with Gasteiger partial charge in [-0.1, -0.05) is 12.1 Å². The van der Waals surface area contributed by atoms with Crippen LogP contribution >= 0.6 is 0 Å². The molecule has 2 unspecified atom stereocenters. The molecule has 1 aliphatic rings. The largest absolute Gasteiger partial charge is 0.316 e. The van der Waals surface area contributed by atoms with E-state index in [1.54, 1.807) is 12.1 Å². The first-order valence-corrected chi connectivity index (χ1v) is 7.30. The van der Waals surface area contributed by atoms with Gasteiger partial charge in [0, 0.05) is 12.6 Å². The molecule has 0 bridgehead atoms. The molecule has 0 aliphatic carbocycles. The summed E-state index contributed by atoms with van der Waals surface area (Å²) in [5.41, 5.74) is 1.08. The summed E-state index contributed by atoms with van der Waals surface area (Å²) in [6.07, 6.45) is 3.52. The lowest BCUT2D eigenvalue weighted by atomic mass is 9.98. The van der Waals surface area contributed by atoms with Gasteiger partial charge in [0.05, 0.1) is 0 Å². The Balaban J connectivity index is 1.82. The van der Waals surface area contributed by atoms with Crippen molar-refractivity contribution in [1.82, 2.24) is 10.2 Å². The zero-order chi connectivity index (χ0) is 13.7. The Bertz CT molecular complexity index is 388. The number of likely N-dealkylation sites (N-methyl/N-ethyl adjacent to an activating group) is 1. The van der Waals surface area contributed by atoms with Crippen molar-refractivity contribution in [2.45, 2.75) is 32.2 Å². The van der Waals surface area contributed by atoms with E-state index >= 15 is 0 Å². The van der Waals surface area contributed by atoms with Gasteiger partial charge in [0.2, 0.25) is 0 Å². The molecule has 1 fully saturated rings. The van der Waals surface area contributed by atoms with E-state index in [0.29, 0.717) is 6.04 Å². The molecule has 1 aromatic carbocycles. The van der Waals surface area contributed by atoms with Crippen LogP contribution in [0.4, 0.5) is 4.39 Å². The highest BCUT2D eigenvalue weighted by atomic mass is 19.1. The molecule has 106 valence electrons. The predicted molar refractivity (Wildman–Crippen MR) is 77.8 cm³/mol. The van der Waals surface area contributed by atoms with E-state index < -0.39 is 0 Å². The maximum Gasteiger partial charge on any atom is 0.123 e. The van der Waals surface area contributed by atoms with E-state index in [1.165, 1.54) is 25.5 Å². The highest BCUT2D eigenvalue weighted by molar-refractivity contribution is 5.17. The quantitative estimate of drug-likeness (QED) is 0.879. The molecule has 1 saturated heterocycles. The lowest BCUT2D eigenvalue weighted by molar-refractivity contribution is 0.197. The van der Waals surface area contributed by atoms with Gasteiger partial charge < -0.3 is 10.2 Å². The molecule has 2 rings (SSSR count). The summed E-state index contributed by atoms with van der Waals surface area (Å²) in [5.74, 6) is 0.623. The van der Waals surface area contributed by atoms with Gasteiger partial charge in [0.25, 0.3) is 0 Å². The molecule has 19 heavy (non-hydrogen) atoms. The second-order valence-electron chi connectivity index (χ2n) is 5.84. The second-order valence-corrected chi connectivity index (χ2v) is 5.84. The number of nitrogens with one attached hydrogen (secondary N) is 1. The molecule has 0 amide bonds. The van der Waals surface area contributed by atoms with Gasteiger partial charge in [-0.05, 0) is 69.9 Å². The minimum absolute atomic E-state index is 0.135. The normalized spacial score (nSPS) is 21.6. The van der Waals surface area contributed by atoms with Crippen molar-refractivity contribution in [1.29, 1.82) is 0 Å². The molecule has 0 saturated carbocycles. The third-order valence-corrected chi connectivity index (χ3v) is 4.12. The van der Waals surface area contributed by atoms with Crippen LogP contribution in [0.15, 0.2) is 24.3 Å². The monoisotopic (exact) mass is 264 g/mol. The Morgan fingerprint density at radius 1 is 1.47 bits per heavy atom. The van der Waals surface area contributed by atoms with Gasteiger partial charge in [0.15, 0.2) is 0 Å². The van der Waals surface area contributed by atoms with E-state index in [9.17, 15) is 4.39 Å². The van der Waals surface area contributed by atoms with Crippen LogP contribution in [0.1, 0.15) is 25.3 Å². The molecular formula is C16H25FN2. The zero-order valence-electron chi connectivity index (χ0n) is 12.0. The van der Waals surface area contributed by atoms with Gasteiger partial charge in [-0.3, -0.25) is 0 Å². The number of nitrogens with zero attached hydrogens (tertiary/aromatic N) is 1. The van der Waals surface area contributed by atoms with Crippen LogP contribution in [0.5, 0.6) is 0 Å². The summed E-state index contributed by atoms with van der Waals surface area (Å²) < 4.78 is 13.2. The van der Waals surface area contributed by atoms with Crippen molar-refractivity contribution < 1.29 is 4.39 Å². The van der Waals surface area contributed by atoms with E-state index in [2.05, 4.69) is 24.2 Å². The maximum absolute atomic E-state index is 13.2. The SMILES string of the molecule is CC(Cc1cccc(F)c1)N(C)CC1CCCNC1. The average Bonchev–Trinajstić information content (AvgIpc) is 2.40. The number of piperidine rings is 1. The molecule has 0 radical (unpaired) electrons. The van der Waals surface area contributed by atoms with E-state index in [4.69, 9.17) is 0 Å². The number of hydrogen-bond acceptors (Lipinski definition) is 2. The lowest BCUT2D eigenvalue weighted by Gasteiger charge is -2.31. The Morgan fingerprint density at radius 3 is 3.00 bits per heavy atom. The van der Waals surface area contributed by atoms with Gasteiger partial charge >= 0.3 is 0 Å². The lowest BCUT2D eigenvalue weighted by Crippen LogP contribution is -2.40. The van der Waals surface area contributed by atoms with E-state index in [1.807, 2.05) is 6.07 Å². The van der Waals surface area contributed by atoms with E-state index in [-0.39, 0.29) is 5.82 Å². The topological polar surface area (TPSA) is 15.3 Å². The third-order valence-electron chi connectivity index (χ3n) is 4.12. The van der Waals surface area contributed by atoms with Crippen LogP contribution in [0.25, 0.3) is 0 Å². The maximum atomic E-state index is 13.2. The molecular weight excluding hydrogens is 239 g/mol. The first-order chi connectivity index (χ1) is 9.15. The fourth-order valence-corrected chi connectivity index (χ4v) is 2.83. The van der Waals surface area contributed by atoms with Gasteiger partial charge in [-0.25, -0.2) is 4.39 Å². The van der Waals surface area contributed by atoms with Crippen LogP contribution in [0.2, 0.25) is 0 Å². The summed E-state index contributed by atoms with van der Waals surface area (Å²) in [6, 6.07) is 7.40. The summed E-state index contributed by atoms with van der Waals surface area (Å²) in [5, 5.41) is 3.46. The summed E-state index contributed by atoms with van der Waals surface area (Å²) in [6.45, 7) is 5.65. The molecule has 2 nitrogen and oxygen atoms in total. The fourth-order valence-electron chi connectivity index (χ4n) is 2.83. The van der Waals surface area contributed by atoms with Crippen molar-refractivity contribution in [2.24, 2.45) is 5.92 Å². The summed E-state index contributed by atoms with van der Waals surface area (Å²) >= 11 is 0. The average molecular weight is 264 g/mol. The molecule has 0 spiro atoms. The van der Waals surface area contributed by atoms with Crippen LogP contribution in [-0.2, 0) is 6.42 Å². The standard InChI is InChI=1S/C16H25FN2/c1-13(9-14-5-3-7-16(17)10-14)19(2)12-15-6-4-8-18-11-15/h3,5,7,10,13,15,18H,4,6,8-9,11-12H2,1-2H3. The molecule has 1 aliphatic heterocycles. The Morgan fingerprint density at radius 2 is 2.32 bits per heavy atom. The second kappa shape index (κ2) is 7.01. The Kier molecular flexibility index (Phi) is 5.34. The van der Waals surface area contributed by atoms with Crippen molar-refractivity contribution in [3.8, 4) is 0 Å². The smallest absolute Gasteiger partial charge is 0.123 e. The van der Waals surface area contributed by atoms with Crippen LogP contribution in [0, 0.1) is 11.7 Å². The number of benzene rings is 1. The number of halogens is 1. The summed E-state index contributed by atoms with van der Waals surface area (Å²) in [7, 11) is 2.18. The Labute approximate surface area is 116 Å². The minimum Gasteiger partial charge on any atom is -0.316 e. The predicted octanol–water partition coefficient (Wildman–Crippen LogP) is 2.69. The van der Waals surface area contributed by atoms with Crippen molar-refractivity contribution in [3.63, 3.8) is 0 Å². The van der Waals surface area contributed by atoms with E-state index in [0.717, 1.165) is 31.0 Å². The summed E-state index contributed by atoms with van der Waals surface area (Å²) in [4.78, 5) is 2.41. The number of hydrogen-bond donors (Lipinski definition) is 1. The van der Waals surface area contributed by atoms with Crippen molar-refractivity contribution in [2.75, 3.05) is 26.7 Å². The molecule has 2 atom stereocenters. The molecule has 0 aromatic heterocycles. The van der Waals surface area contributed by atoms with Crippen LogP contribution in [-0.4, -0.2) is 37.6 Å². The van der Waals surface area contributed by atoms with Gasteiger partial charge in [-0.15, -0.1) is 0 Å². The van der Waals surface area contributed by atoms with Crippen LogP contribution in [0.3, 0.4) is 0 Å². The Hall–Kier alpha value is -0.930. The zero-order valence-corrected chi connectivity index (χ0v) is 12.0. The van der Waals surface area contributed by atoms with Crippen molar-refractivity contribution in [3.05, 3.63) is 35.6 Å². The van der Waals surface area contributed by atoms with Gasteiger partial charge in [-0.2, -0.15) is 0 Å². The highest BCUT2D eigenvalue weighted by Gasteiger charge is 2.18. The molecule has 1 heterocycles. The minimum atomic E-state index is -0.135. The van der Waals surface area contributed by atoms with Crippen LogP contribution < -0.4 is 5.32 Å². The first-order valence-electron chi connectivity index (χ1n) is 7.30. The van der Waals surface area contributed by atoms with Crippen molar-refractivity contribution >= 4 is 0 Å². The van der Waals surface area contributed by atoms with Gasteiger partial charge in [0.1, 0.15) is 5.82 Å². The molecule has 1 aromatic rings. The highest BCUT2D eigenvalue weighted by Crippen LogP contribution is 2.15. The first kappa shape index (κ1) is 14.5. The third kappa shape index (κ3) is 4.59.